The van der Waals surface area contributed by atoms with E-state index in [4.69, 9.17) is 0 Å². The number of benzene rings is 1. The summed E-state index contributed by atoms with van der Waals surface area (Å²) >= 11 is 0. The molecule has 1 aromatic carbocycles. The largest absolute Gasteiger partial charge is 0.336 e. The van der Waals surface area contributed by atoms with Crippen LogP contribution in [0.3, 0.4) is 0 Å². The van der Waals surface area contributed by atoms with Gasteiger partial charge in [0.15, 0.2) is 5.69 Å². The number of hydrogen-bond donors (Lipinski definition) is 1. The SMILES string of the molecule is CNC1CCCN(C(=O)c2cn(-c3cccc(C)c3)nn2)C1.Cl. The summed E-state index contributed by atoms with van der Waals surface area (Å²) in [5, 5.41) is 11.4. The number of carbonyl (C=O) groups is 1. The molecule has 1 aromatic heterocycles. The lowest BCUT2D eigenvalue weighted by Crippen LogP contribution is -2.47. The van der Waals surface area contributed by atoms with Crippen LogP contribution in [0.5, 0.6) is 0 Å². The minimum atomic E-state index is -0.0427. The van der Waals surface area contributed by atoms with Crippen molar-refractivity contribution >= 4 is 18.3 Å². The number of amides is 1. The van der Waals surface area contributed by atoms with Gasteiger partial charge in [-0.05, 0) is 44.5 Å². The fourth-order valence-electron chi connectivity index (χ4n) is 2.82. The minimum absolute atomic E-state index is 0. The smallest absolute Gasteiger partial charge is 0.276 e. The molecule has 1 saturated heterocycles. The van der Waals surface area contributed by atoms with E-state index in [0.717, 1.165) is 37.2 Å². The van der Waals surface area contributed by atoms with Crippen LogP contribution in [0.1, 0.15) is 28.9 Å². The molecule has 0 bridgehead atoms. The summed E-state index contributed by atoms with van der Waals surface area (Å²) in [5.74, 6) is -0.0427. The van der Waals surface area contributed by atoms with Crippen LogP contribution in [0.25, 0.3) is 5.69 Å². The molecule has 7 heteroatoms. The first-order valence-electron chi connectivity index (χ1n) is 7.63. The monoisotopic (exact) mass is 335 g/mol. The summed E-state index contributed by atoms with van der Waals surface area (Å²) in [6.45, 7) is 3.54. The van der Waals surface area contributed by atoms with E-state index in [1.54, 1.807) is 10.9 Å². The van der Waals surface area contributed by atoms with Gasteiger partial charge in [0.05, 0.1) is 11.9 Å². The Morgan fingerprint density at radius 1 is 1.39 bits per heavy atom. The molecule has 1 unspecified atom stereocenters. The Hall–Kier alpha value is -1.92. The maximum absolute atomic E-state index is 12.6. The van der Waals surface area contributed by atoms with Crippen molar-refractivity contribution in [2.45, 2.75) is 25.8 Å². The molecular formula is C16H22ClN5O. The number of nitrogens with one attached hydrogen (secondary N) is 1. The Balaban J connectivity index is 0.00000192. The molecule has 1 fully saturated rings. The van der Waals surface area contributed by atoms with Crippen LogP contribution in [0.2, 0.25) is 0 Å². The van der Waals surface area contributed by atoms with E-state index in [1.807, 2.05) is 43.1 Å². The van der Waals surface area contributed by atoms with Gasteiger partial charge in [0.25, 0.3) is 5.91 Å². The molecular weight excluding hydrogens is 314 g/mol. The Kier molecular flexibility index (Phi) is 5.74. The van der Waals surface area contributed by atoms with E-state index in [9.17, 15) is 4.79 Å². The van der Waals surface area contributed by atoms with Crippen LogP contribution in [-0.2, 0) is 0 Å². The predicted molar refractivity (Wildman–Crippen MR) is 91.3 cm³/mol. The van der Waals surface area contributed by atoms with Gasteiger partial charge in [-0.1, -0.05) is 17.3 Å². The molecule has 6 nitrogen and oxygen atoms in total. The average molecular weight is 336 g/mol. The Labute approximate surface area is 142 Å². The number of hydrogen-bond acceptors (Lipinski definition) is 4. The maximum atomic E-state index is 12.6. The summed E-state index contributed by atoms with van der Waals surface area (Å²) in [5.41, 5.74) is 2.46. The van der Waals surface area contributed by atoms with Crippen molar-refractivity contribution < 1.29 is 4.79 Å². The van der Waals surface area contributed by atoms with Gasteiger partial charge < -0.3 is 10.2 Å². The van der Waals surface area contributed by atoms with Gasteiger partial charge in [-0.3, -0.25) is 4.79 Å². The van der Waals surface area contributed by atoms with Gasteiger partial charge in [-0.2, -0.15) is 0 Å². The van der Waals surface area contributed by atoms with Crippen molar-refractivity contribution in [3.63, 3.8) is 0 Å². The molecule has 0 saturated carbocycles. The Bertz CT molecular complexity index is 672. The normalized spacial score (nSPS) is 17.7. The summed E-state index contributed by atoms with van der Waals surface area (Å²) in [6, 6.07) is 8.33. The highest BCUT2D eigenvalue weighted by molar-refractivity contribution is 5.92. The first-order valence-corrected chi connectivity index (χ1v) is 7.63. The third kappa shape index (κ3) is 3.89. The standard InChI is InChI=1S/C16H21N5O.ClH/c1-12-5-3-7-14(9-12)21-11-15(18-19-21)16(22)20-8-4-6-13(10-20)17-2;/h3,5,7,9,11,13,17H,4,6,8,10H2,1-2H3;1H. The van der Waals surface area contributed by atoms with E-state index in [1.165, 1.54) is 0 Å². The summed E-state index contributed by atoms with van der Waals surface area (Å²) in [6.07, 6.45) is 3.83. The van der Waals surface area contributed by atoms with Gasteiger partial charge in [-0.15, -0.1) is 17.5 Å². The van der Waals surface area contributed by atoms with E-state index >= 15 is 0 Å². The number of halogens is 1. The molecule has 1 N–H and O–H groups in total. The molecule has 0 aliphatic carbocycles. The third-order valence-corrected chi connectivity index (χ3v) is 4.10. The van der Waals surface area contributed by atoms with Crippen LogP contribution in [0.15, 0.2) is 30.5 Å². The number of nitrogens with zero attached hydrogens (tertiary/aromatic N) is 4. The second-order valence-corrected chi connectivity index (χ2v) is 5.77. The van der Waals surface area contributed by atoms with Crippen molar-refractivity contribution in [2.75, 3.05) is 20.1 Å². The van der Waals surface area contributed by atoms with E-state index in [-0.39, 0.29) is 18.3 Å². The maximum Gasteiger partial charge on any atom is 0.276 e. The number of piperidine rings is 1. The van der Waals surface area contributed by atoms with Crippen molar-refractivity contribution in [1.29, 1.82) is 0 Å². The number of likely N-dealkylation sites (tertiary alicyclic amines) is 1. The fourth-order valence-corrected chi connectivity index (χ4v) is 2.82. The lowest BCUT2D eigenvalue weighted by atomic mass is 10.1. The first-order chi connectivity index (χ1) is 10.7. The fraction of sp³-hybridized carbons (Fsp3) is 0.438. The minimum Gasteiger partial charge on any atom is -0.336 e. The molecule has 0 spiro atoms. The van der Waals surface area contributed by atoms with Crippen molar-refractivity contribution in [2.24, 2.45) is 0 Å². The molecule has 124 valence electrons. The molecule has 1 atom stereocenters. The Morgan fingerprint density at radius 3 is 2.96 bits per heavy atom. The lowest BCUT2D eigenvalue weighted by Gasteiger charge is -2.31. The van der Waals surface area contributed by atoms with E-state index in [2.05, 4.69) is 15.6 Å². The molecule has 3 rings (SSSR count). The molecule has 0 radical (unpaired) electrons. The van der Waals surface area contributed by atoms with Crippen LogP contribution in [0, 0.1) is 6.92 Å². The van der Waals surface area contributed by atoms with Gasteiger partial charge in [0.2, 0.25) is 0 Å². The number of aryl methyl sites for hydroxylation is 1. The van der Waals surface area contributed by atoms with Gasteiger partial charge in [0.1, 0.15) is 0 Å². The van der Waals surface area contributed by atoms with E-state index < -0.39 is 0 Å². The molecule has 23 heavy (non-hydrogen) atoms. The number of rotatable bonds is 3. The third-order valence-electron chi connectivity index (χ3n) is 4.10. The summed E-state index contributed by atoms with van der Waals surface area (Å²) in [4.78, 5) is 14.4. The highest BCUT2D eigenvalue weighted by atomic mass is 35.5. The molecule has 2 heterocycles. The number of carbonyl (C=O) groups excluding carboxylic acids is 1. The highest BCUT2D eigenvalue weighted by Crippen LogP contribution is 2.14. The first kappa shape index (κ1) is 17.4. The zero-order valence-electron chi connectivity index (χ0n) is 13.4. The van der Waals surface area contributed by atoms with Gasteiger partial charge >= 0.3 is 0 Å². The second kappa shape index (κ2) is 7.57. The molecule has 1 aliphatic rings. The average Bonchev–Trinajstić information content (AvgIpc) is 3.04. The van der Waals surface area contributed by atoms with Crippen LogP contribution < -0.4 is 5.32 Å². The van der Waals surface area contributed by atoms with Crippen molar-refractivity contribution in [3.8, 4) is 5.69 Å². The van der Waals surface area contributed by atoms with Crippen LogP contribution in [-0.4, -0.2) is 52.0 Å². The quantitative estimate of drug-likeness (QED) is 0.929. The Morgan fingerprint density at radius 2 is 2.22 bits per heavy atom. The number of aromatic nitrogens is 3. The van der Waals surface area contributed by atoms with Crippen molar-refractivity contribution in [1.82, 2.24) is 25.2 Å². The topological polar surface area (TPSA) is 63.1 Å². The lowest BCUT2D eigenvalue weighted by molar-refractivity contribution is 0.0692. The molecule has 1 aliphatic heterocycles. The number of likely N-dealkylation sites (N-methyl/N-ethyl adjacent to an activating group) is 1. The van der Waals surface area contributed by atoms with Crippen LogP contribution in [0.4, 0.5) is 0 Å². The van der Waals surface area contributed by atoms with Crippen LogP contribution >= 0.6 is 12.4 Å². The predicted octanol–water partition coefficient (Wildman–Crippen LogP) is 1.82. The zero-order chi connectivity index (χ0) is 15.5. The summed E-state index contributed by atoms with van der Waals surface area (Å²) in [7, 11) is 1.94. The van der Waals surface area contributed by atoms with Gasteiger partial charge in [0, 0.05) is 19.1 Å². The highest BCUT2D eigenvalue weighted by Gasteiger charge is 2.25. The summed E-state index contributed by atoms with van der Waals surface area (Å²) < 4.78 is 1.65. The molecule has 2 aromatic rings. The van der Waals surface area contributed by atoms with Gasteiger partial charge in [-0.25, -0.2) is 4.68 Å². The van der Waals surface area contributed by atoms with E-state index in [0.29, 0.717) is 11.7 Å². The molecule has 1 amide bonds. The van der Waals surface area contributed by atoms with Crippen molar-refractivity contribution in [3.05, 3.63) is 41.7 Å². The second-order valence-electron chi connectivity index (χ2n) is 5.77. The zero-order valence-corrected chi connectivity index (χ0v) is 14.2.